The molecule has 0 bridgehead atoms. The van der Waals surface area contributed by atoms with Gasteiger partial charge >= 0.3 is 0 Å². The second kappa shape index (κ2) is 6.31. The number of aliphatic hydroxyl groups is 2. The van der Waals surface area contributed by atoms with Gasteiger partial charge in [0.15, 0.2) is 9.84 Å². The van der Waals surface area contributed by atoms with Crippen LogP contribution in [0.5, 0.6) is 0 Å². The third-order valence-electron chi connectivity index (χ3n) is 5.12. The van der Waals surface area contributed by atoms with Gasteiger partial charge in [-0.2, -0.15) is 0 Å². The van der Waals surface area contributed by atoms with E-state index in [-0.39, 0.29) is 18.1 Å². The largest absolute Gasteiger partial charge is 0.396 e. The zero-order chi connectivity index (χ0) is 17.4. The molecule has 1 saturated carbocycles. The summed E-state index contributed by atoms with van der Waals surface area (Å²) in [6, 6.07) is 16.0. The van der Waals surface area contributed by atoms with Crippen LogP contribution in [-0.4, -0.2) is 37.1 Å². The second-order valence-electron chi connectivity index (χ2n) is 6.40. The number of aryl methyl sites for hydroxylation is 1. The molecule has 0 aromatic heterocycles. The maximum Gasteiger partial charge on any atom is 0.182 e. The molecule has 0 spiro atoms. The monoisotopic (exact) mass is 346 g/mol. The summed E-state index contributed by atoms with van der Waals surface area (Å²) in [5, 5.41) is 18.9. The average molecular weight is 346 g/mol. The third kappa shape index (κ3) is 2.57. The molecule has 2 N–H and O–H groups in total. The van der Waals surface area contributed by atoms with E-state index in [1.807, 2.05) is 24.3 Å². The van der Waals surface area contributed by atoms with Crippen molar-refractivity contribution in [2.45, 2.75) is 29.4 Å². The van der Waals surface area contributed by atoms with Gasteiger partial charge in [0.2, 0.25) is 0 Å². The molecule has 5 heteroatoms. The minimum atomic E-state index is -3.63. The smallest absolute Gasteiger partial charge is 0.182 e. The van der Waals surface area contributed by atoms with Gasteiger partial charge in [0.1, 0.15) is 0 Å². The van der Waals surface area contributed by atoms with Gasteiger partial charge in [-0.3, -0.25) is 0 Å². The van der Waals surface area contributed by atoms with E-state index >= 15 is 0 Å². The molecule has 4 nitrogen and oxygen atoms in total. The van der Waals surface area contributed by atoms with E-state index in [2.05, 4.69) is 6.92 Å². The van der Waals surface area contributed by atoms with Crippen molar-refractivity contribution in [1.82, 2.24) is 0 Å². The van der Waals surface area contributed by atoms with Crippen molar-refractivity contribution in [3.63, 3.8) is 0 Å². The Balaban J connectivity index is 2.02. The molecule has 1 aliphatic rings. The Morgan fingerprint density at radius 1 is 0.958 bits per heavy atom. The molecule has 0 radical (unpaired) electrons. The lowest BCUT2D eigenvalue weighted by atomic mass is 9.99. The standard InChI is InChI=1S/C19H22O4S/c1-2-14-8-10-15(11-9-14)17-18(19(17,12-20)13-21)24(22,23)16-6-4-3-5-7-16/h3-11,17-18,20-21H,2,12-13H2,1H3/t17-,18+/m0/s1. The van der Waals surface area contributed by atoms with Gasteiger partial charge in [-0.15, -0.1) is 0 Å². The van der Waals surface area contributed by atoms with Gasteiger partial charge in [-0.05, 0) is 29.7 Å². The minimum Gasteiger partial charge on any atom is -0.396 e. The van der Waals surface area contributed by atoms with Crippen molar-refractivity contribution in [1.29, 1.82) is 0 Å². The molecule has 0 aliphatic heterocycles. The predicted octanol–water partition coefficient (Wildman–Crippen LogP) is 2.16. The highest BCUT2D eigenvalue weighted by atomic mass is 32.2. The van der Waals surface area contributed by atoms with Gasteiger partial charge < -0.3 is 10.2 Å². The van der Waals surface area contributed by atoms with Crippen LogP contribution in [0.15, 0.2) is 59.5 Å². The highest BCUT2D eigenvalue weighted by molar-refractivity contribution is 7.92. The van der Waals surface area contributed by atoms with E-state index in [9.17, 15) is 18.6 Å². The maximum absolute atomic E-state index is 13.0. The molecule has 0 saturated heterocycles. The van der Waals surface area contributed by atoms with Crippen molar-refractivity contribution in [3.8, 4) is 0 Å². The Bertz CT molecular complexity index is 793. The summed E-state index contributed by atoms with van der Waals surface area (Å²) >= 11 is 0. The number of benzene rings is 2. The first-order valence-electron chi connectivity index (χ1n) is 8.10. The van der Waals surface area contributed by atoms with Gasteiger partial charge in [0, 0.05) is 11.3 Å². The van der Waals surface area contributed by atoms with E-state index < -0.39 is 26.4 Å². The van der Waals surface area contributed by atoms with Crippen LogP contribution in [0.3, 0.4) is 0 Å². The van der Waals surface area contributed by atoms with Crippen molar-refractivity contribution < 1.29 is 18.6 Å². The van der Waals surface area contributed by atoms with Crippen molar-refractivity contribution >= 4 is 9.84 Å². The van der Waals surface area contributed by atoms with Crippen molar-refractivity contribution in [2.24, 2.45) is 5.41 Å². The van der Waals surface area contributed by atoms with E-state index in [1.165, 1.54) is 5.56 Å². The predicted molar refractivity (Wildman–Crippen MR) is 92.6 cm³/mol. The lowest BCUT2D eigenvalue weighted by Gasteiger charge is -2.11. The Morgan fingerprint density at radius 3 is 2.04 bits per heavy atom. The first kappa shape index (κ1) is 17.1. The van der Waals surface area contributed by atoms with Crippen LogP contribution in [-0.2, 0) is 16.3 Å². The number of hydrogen-bond donors (Lipinski definition) is 2. The van der Waals surface area contributed by atoms with Crippen LogP contribution in [0.2, 0.25) is 0 Å². The van der Waals surface area contributed by atoms with Gasteiger partial charge in [-0.1, -0.05) is 49.4 Å². The summed E-state index contributed by atoms with van der Waals surface area (Å²) in [5.41, 5.74) is 0.989. The fourth-order valence-corrected chi connectivity index (χ4v) is 6.04. The Kier molecular flexibility index (Phi) is 4.51. The number of sulfone groups is 1. The second-order valence-corrected chi connectivity index (χ2v) is 8.47. The Labute approximate surface area is 142 Å². The summed E-state index contributed by atoms with van der Waals surface area (Å²) in [6.45, 7) is 1.33. The summed E-state index contributed by atoms with van der Waals surface area (Å²) in [7, 11) is -3.63. The molecule has 3 rings (SSSR count). The van der Waals surface area contributed by atoms with Crippen LogP contribution in [0.4, 0.5) is 0 Å². The van der Waals surface area contributed by atoms with Crippen molar-refractivity contribution in [3.05, 3.63) is 65.7 Å². The molecule has 0 unspecified atom stereocenters. The van der Waals surface area contributed by atoms with E-state index in [0.29, 0.717) is 0 Å². The number of rotatable bonds is 6. The maximum atomic E-state index is 13.0. The van der Waals surface area contributed by atoms with Gasteiger partial charge in [-0.25, -0.2) is 8.42 Å². The highest BCUT2D eigenvalue weighted by Gasteiger charge is 2.70. The number of aliphatic hydroxyl groups excluding tert-OH is 2. The summed E-state index contributed by atoms with van der Waals surface area (Å²) in [6.07, 6.45) is 0.905. The quantitative estimate of drug-likeness (QED) is 0.840. The molecule has 2 atom stereocenters. The van der Waals surface area contributed by atoms with Gasteiger partial charge in [0.05, 0.1) is 23.4 Å². The van der Waals surface area contributed by atoms with E-state index in [0.717, 1.165) is 12.0 Å². The molecule has 2 aromatic carbocycles. The van der Waals surface area contributed by atoms with E-state index in [1.54, 1.807) is 30.3 Å². The molecule has 24 heavy (non-hydrogen) atoms. The van der Waals surface area contributed by atoms with Gasteiger partial charge in [0.25, 0.3) is 0 Å². The van der Waals surface area contributed by atoms with Crippen LogP contribution in [0.25, 0.3) is 0 Å². The highest BCUT2D eigenvalue weighted by Crippen LogP contribution is 2.63. The molecule has 0 heterocycles. The molecule has 0 amide bonds. The summed E-state index contributed by atoms with van der Waals surface area (Å²) < 4.78 is 26.0. The Morgan fingerprint density at radius 2 is 1.54 bits per heavy atom. The molecular formula is C19H22O4S. The first-order valence-corrected chi connectivity index (χ1v) is 9.65. The molecule has 1 aliphatic carbocycles. The zero-order valence-corrected chi connectivity index (χ0v) is 14.4. The van der Waals surface area contributed by atoms with Crippen LogP contribution < -0.4 is 0 Å². The van der Waals surface area contributed by atoms with Crippen LogP contribution in [0.1, 0.15) is 24.0 Å². The lowest BCUT2D eigenvalue weighted by Crippen LogP contribution is -2.22. The summed E-state index contributed by atoms with van der Waals surface area (Å²) in [5.74, 6) is -0.399. The Hall–Kier alpha value is -1.69. The molecular weight excluding hydrogens is 324 g/mol. The van der Waals surface area contributed by atoms with E-state index in [4.69, 9.17) is 0 Å². The first-order chi connectivity index (χ1) is 11.5. The fraction of sp³-hybridized carbons (Fsp3) is 0.368. The zero-order valence-electron chi connectivity index (χ0n) is 13.6. The normalized spacial score (nSPS) is 22.3. The molecule has 2 aromatic rings. The van der Waals surface area contributed by atoms with Crippen molar-refractivity contribution in [2.75, 3.05) is 13.2 Å². The minimum absolute atomic E-state index is 0.231. The topological polar surface area (TPSA) is 74.6 Å². The SMILES string of the molecule is CCc1ccc([C@H]2[C@@H](S(=O)(=O)c3ccccc3)C2(CO)CO)cc1. The number of hydrogen-bond acceptors (Lipinski definition) is 4. The molecule has 128 valence electrons. The molecule has 1 fully saturated rings. The third-order valence-corrected chi connectivity index (χ3v) is 7.46. The average Bonchev–Trinajstić information content (AvgIpc) is 3.33. The fourth-order valence-electron chi connectivity index (χ4n) is 3.59. The lowest BCUT2D eigenvalue weighted by molar-refractivity contribution is 0.130. The summed E-state index contributed by atoms with van der Waals surface area (Å²) in [4.78, 5) is 0.231. The van der Waals surface area contributed by atoms with Crippen LogP contribution in [0, 0.1) is 5.41 Å². The van der Waals surface area contributed by atoms with Crippen LogP contribution >= 0.6 is 0 Å².